The highest BCUT2D eigenvalue weighted by atomic mass is 16.3. The molecule has 17 heavy (non-hydrogen) atoms. The number of nitrogens with two attached hydrogens (primary N) is 1. The first-order valence-electron chi connectivity index (χ1n) is 6.49. The summed E-state index contributed by atoms with van der Waals surface area (Å²) < 4.78 is 5.49. The summed E-state index contributed by atoms with van der Waals surface area (Å²) in [6, 6.07) is 4.03. The Labute approximate surface area is 105 Å². The molecular weight excluding hydrogens is 212 g/mol. The normalized spacial score (nSPS) is 12.0. The van der Waals surface area contributed by atoms with Crippen molar-refractivity contribution in [2.45, 2.75) is 46.6 Å². The smallest absolute Gasteiger partial charge is 0.117 e. The van der Waals surface area contributed by atoms with Gasteiger partial charge in [-0.15, -0.1) is 0 Å². The first-order chi connectivity index (χ1) is 8.03. The van der Waals surface area contributed by atoms with Crippen LogP contribution in [0.2, 0.25) is 0 Å². The van der Waals surface area contributed by atoms with Crippen LogP contribution in [-0.4, -0.2) is 13.1 Å². The van der Waals surface area contributed by atoms with Gasteiger partial charge in [0.2, 0.25) is 0 Å². The van der Waals surface area contributed by atoms with Crippen LogP contribution in [0.25, 0.3) is 0 Å². The number of hydrogen-bond donors (Lipinski definition) is 2. The Kier molecular flexibility index (Phi) is 5.72. The van der Waals surface area contributed by atoms with Crippen LogP contribution in [0.15, 0.2) is 16.5 Å². The van der Waals surface area contributed by atoms with Crippen molar-refractivity contribution in [2.75, 3.05) is 13.1 Å². The van der Waals surface area contributed by atoms with Gasteiger partial charge in [0.25, 0.3) is 0 Å². The molecule has 3 N–H and O–H groups in total. The van der Waals surface area contributed by atoms with E-state index in [1.165, 1.54) is 12.8 Å². The van der Waals surface area contributed by atoms with E-state index in [0.717, 1.165) is 37.6 Å². The maximum Gasteiger partial charge on any atom is 0.117 e. The zero-order valence-corrected chi connectivity index (χ0v) is 11.4. The molecule has 1 aromatic heterocycles. The van der Waals surface area contributed by atoms with Crippen molar-refractivity contribution >= 4 is 0 Å². The van der Waals surface area contributed by atoms with Crippen molar-refractivity contribution in [3.05, 3.63) is 23.7 Å². The molecule has 0 spiro atoms. The number of rotatable bonds is 8. The van der Waals surface area contributed by atoms with Crippen molar-refractivity contribution in [3.8, 4) is 0 Å². The molecule has 0 aliphatic carbocycles. The van der Waals surface area contributed by atoms with Gasteiger partial charge in [-0.1, -0.05) is 13.8 Å². The summed E-state index contributed by atoms with van der Waals surface area (Å²) >= 11 is 0. The van der Waals surface area contributed by atoms with Crippen molar-refractivity contribution in [1.29, 1.82) is 0 Å². The summed E-state index contributed by atoms with van der Waals surface area (Å²) in [5.74, 6) is 1.99. The topological polar surface area (TPSA) is 51.2 Å². The monoisotopic (exact) mass is 238 g/mol. The van der Waals surface area contributed by atoms with Crippen molar-refractivity contribution < 1.29 is 4.42 Å². The van der Waals surface area contributed by atoms with Gasteiger partial charge < -0.3 is 15.5 Å². The van der Waals surface area contributed by atoms with Crippen LogP contribution in [0.3, 0.4) is 0 Å². The Balaban J connectivity index is 2.08. The Morgan fingerprint density at radius 2 is 2.06 bits per heavy atom. The van der Waals surface area contributed by atoms with E-state index in [1.54, 1.807) is 0 Å². The third-order valence-corrected chi connectivity index (χ3v) is 3.12. The van der Waals surface area contributed by atoms with Crippen LogP contribution in [-0.2, 0) is 6.54 Å². The highest BCUT2D eigenvalue weighted by Crippen LogP contribution is 2.25. The lowest BCUT2D eigenvalue weighted by Crippen LogP contribution is -2.20. The summed E-state index contributed by atoms with van der Waals surface area (Å²) in [5, 5.41) is 3.40. The average Bonchev–Trinajstić information content (AvgIpc) is 2.63. The van der Waals surface area contributed by atoms with E-state index >= 15 is 0 Å². The minimum absolute atomic E-state index is 0.373. The molecule has 0 atom stereocenters. The van der Waals surface area contributed by atoms with Crippen molar-refractivity contribution in [3.63, 3.8) is 0 Å². The molecule has 1 rings (SSSR count). The number of aryl methyl sites for hydroxylation is 1. The molecule has 0 fully saturated rings. The van der Waals surface area contributed by atoms with Crippen molar-refractivity contribution in [2.24, 2.45) is 11.1 Å². The van der Waals surface area contributed by atoms with Gasteiger partial charge in [-0.2, -0.15) is 0 Å². The zero-order valence-electron chi connectivity index (χ0n) is 11.4. The first-order valence-corrected chi connectivity index (χ1v) is 6.49. The van der Waals surface area contributed by atoms with E-state index in [0.29, 0.717) is 5.41 Å². The minimum Gasteiger partial charge on any atom is -0.465 e. The molecule has 1 heterocycles. The van der Waals surface area contributed by atoms with Crippen LogP contribution >= 0.6 is 0 Å². The molecule has 3 nitrogen and oxygen atoms in total. The van der Waals surface area contributed by atoms with Gasteiger partial charge in [-0.3, -0.25) is 0 Å². The summed E-state index contributed by atoms with van der Waals surface area (Å²) in [6.07, 6.45) is 3.51. The third-order valence-electron chi connectivity index (χ3n) is 3.12. The van der Waals surface area contributed by atoms with Gasteiger partial charge in [0.05, 0.1) is 6.54 Å². The van der Waals surface area contributed by atoms with Gasteiger partial charge in [-0.05, 0) is 56.8 Å². The van der Waals surface area contributed by atoms with Crippen LogP contribution < -0.4 is 11.1 Å². The van der Waals surface area contributed by atoms with Gasteiger partial charge in [-0.25, -0.2) is 0 Å². The zero-order chi connectivity index (χ0) is 12.7. The van der Waals surface area contributed by atoms with Crippen LogP contribution in [0.1, 0.15) is 44.6 Å². The second-order valence-corrected chi connectivity index (χ2v) is 5.50. The van der Waals surface area contributed by atoms with E-state index in [4.69, 9.17) is 10.2 Å². The molecule has 0 unspecified atom stereocenters. The van der Waals surface area contributed by atoms with Gasteiger partial charge in [0.15, 0.2) is 0 Å². The molecule has 0 radical (unpaired) electrons. The molecule has 0 saturated carbocycles. The molecule has 1 aromatic rings. The molecule has 0 aromatic carbocycles. The molecule has 98 valence electrons. The summed E-state index contributed by atoms with van der Waals surface area (Å²) in [4.78, 5) is 0. The average molecular weight is 238 g/mol. The molecule has 3 heteroatoms. The Morgan fingerprint density at radius 3 is 2.65 bits per heavy atom. The van der Waals surface area contributed by atoms with Crippen molar-refractivity contribution in [1.82, 2.24) is 5.32 Å². The van der Waals surface area contributed by atoms with Gasteiger partial charge in [0.1, 0.15) is 11.5 Å². The molecule has 0 amide bonds. The first kappa shape index (κ1) is 14.3. The lowest BCUT2D eigenvalue weighted by molar-refractivity contribution is 0.301. The number of nitrogens with one attached hydrogen (secondary N) is 1. The van der Waals surface area contributed by atoms with Gasteiger partial charge in [0, 0.05) is 0 Å². The maximum atomic E-state index is 5.60. The number of hydrogen-bond acceptors (Lipinski definition) is 3. The summed E-state index contributed by atoms with van der Waals surface area (Å²) in [6.45, 7) is 9.19. The third kappa shape index (κ3) is 5.89. The molecule has 0 bridgehead atoms. The Morgan fingerprint density at radius 1 is 1.29 bits per heavy atom. The van der Waals surface area contributed by atoms with Gasteiger partial charge >= 0.3 is 0 Å². The van der Waals surface area contributed by atoms with E-state index in [1.807, 2.05) is 19.1 Å². The minimum atomic E-state index is 0.373. The second kappa shape index (κ2) is 6.82. The summed E-state index contributed by atoms with van der Waals surface area (Å²) in [5.41, 5.74) is 5.97. The van der Waals surface area contributed by atoms with Crippen LogP contribution in [0.4, 0.5) is 0 Å². The predicted molar refractivity (Wildman–Crippen MR) is 71.8 cm³/mol. The Bertz CT molecular complexity index is 318. The highest BCUT2D eigenvalue weighted by molar-refractivity contribution is 5.04. The fourth-order valence-electron chi connectivity index (χ4n) is 2.00. The van der Waals surface area contributed by atoms with E-state index in [9.17, 15) is 0 Å². The maximum absolute atomic E-state index is 5.60. The SMILES string of the molecule is Cc1ccc(CNCCCC(C)(C)CCN)o1. The largest absolute Gasteiger partial charge is 0.465 e. The molecular formula is C14H26N2O. The fraction of sp³-hybridized carbons (Fsp3) is 0.714. The standard InChI is InChI=1S/C14H26N2O/c1-12-5-6-13(17-12)11-16-10-4-7-14(2,3)8-9-15/h5-6,16H,4,7-11,15H2,1-3H3. The van der Waals surface area contributed by atoms with E-state index < -0.39 is 0 Å². The number of furan rings is 1. The fourth-order valence-corrected chi connectivity index (χ4v) is 2.00. The highest BCUT2D eigenvalue weighted by Gasteiger charge is 2.15. The van der Waals surface area contributed by atoms with E-state index in [2.05, 4.69) is 19.2 Å². The summed E-state index contributed by atoms with van der Waals surface area (Å²) in [7, 11) is 0. The van der Waals surface area contributed by atoms with Crippen LogP contribution in [0.5, 0.6) is 0 Å². The predicted octanol–water partition coefficient (Wildman–Crippen LogP) is 2.83. The second-order valence-electron chi connectivity index (χ2n) is 5.50. The Hall–Kier alpha value is -0.800. The quantitative estimate of drug-likeness (QED) is 0.685. The van der Waals surface area contributed by atoms with E-state index in [-0.39, 0.29) is 0 Å². The molecule has 0 aliphatic rings. The lowest BCUT2D eigenvalue weighted by atomic mass is 9.84. The lowest BCUT2D eigenvalue weighted by Gasteiger charge is -2.23. The molecule has 0 saturated heterocycles. The van der Waals surface area contributed by atoms with Crippen LogP contribution in [0, 0.1) is 12.3 Å². The molecule has 0 aliphatic heterocycles.